The van der Waals surface area contributed by atoms with Gasteiger partial charge in [-0.1, -0.05) is 19.1 Å². The van der Waals surface area contributed by atoms with E-state index in [4.69, 9.17) is 9.72 Å². The lowest BCUT2D eigenvalue weighted by molar-refractivity contribution is 0.0730. The van der Waals surface area contributed by atoms with Crippen LogP contribution in [0.5, 0.6) is 5.75 Å². The van der Waals surface area contributed by atoms with Crippen LogP contribution >= 0.6 is 0 Å². The van der Waals surface area contributed by atoms with Gasteiger partial charge in [0.05, 0.1) is 24.9 Å². The summed E-state index contributed by atoms with van der Waals surface area (Å²) >= 11 is 0. The summed E-state index contributed by atoms with van der Waals surface area (Å²) in [5.41, 5.74) is 2.77. The Morgan fingerprint density at radius 1 is 1.10 bits per heavy atom. The number of hydrogen-bond acceptors (Lipinski definition) is 6. The molecule has 0 saturated carbocycles. The number of likely N-dealkylation sites (N-methyl/N-ethyl adjacent to an activating group) is 1. The average molecular weight is 396 g/mol. The van der Waals surface area contributed by atoms with Gasteiger partial charge in [0.15, 0.2) is 0 Å². The van der Waals surface area contributed by atoms with Crippen molar-refractivity contribution in [2.75, 3.05) is 51.3 Å². The second-order valence-corrected chi connectivity index (χ2v) is 7.62. The van der Waals surface area contributed by atoms with Crippen LogP contribution in [0.25, 0.3) is 0 Å². The molecule has 1 aromatic carbocycles. The number of para-hydroxylation sites is 1. The topological polar surface area (TPSA) is 61.8 Å². The van der Waals surface area contributed by atoms with E-state index >= 15 is 0 Å². The van der Waals surface area contributed by atoms with Crippen LogP contribution in [-0.4, -0.2) is 72.1 Å². The molecule has 154 valence electrons. The molecule has 4 rings (SSSR count). The van der Waals surface area contributed by atoms with Gasteiger partial charge < -0.3 is 19.4 Å². The first kappa shape index (κ1) is 19.6. The standard InChI is InChI=1S/C22H29N5O2/c1-4-25-11-13-26(14-12-25)21-18-15-27(10-9-19(18)23-16(2)24-21)22(28)17-7-5-6-8-20(17)29-3/h5-8H,4,9-15H2,1-3H3. The van der Waals surface area contributed by atoms with Gasteiger partial charge in [0.25, 0.3) is 5.91 Å². The van der Waals surface area contributed by atoms with Crippen LogP contribution in [0, 0.1) is 6.92 Å². The second-order valence-electron chi connectivity index (χ2n) is 7.62. The molecule has 1 aromatic heterocycles. The molecule has 0 aliphatic carbocycles. The van der Waals surface area contributed by atoms with E-state index in [9.17, 15) is 4.79 Å². The average Bonchev–Trinajstić information content (AvgIpc) is 2.77. The highest BCUT2D eigenvalue weighted by Gasteiger charge is 2.29. The van der Waals surface area contributed by atoms with E-state index in [-0.39, 0.29) is 5.91 Å². The molecule has 0 spiro atoms. The Morgan fingerprint density at radius 3 is 2.59 bits per heavy atom. The normalized spacial score (nSPS) is 17.2. The van der Waals surface area contributed by atoms with Crippen LogP contribution < -0.4 is 9.64 Å². The van der Waals surface area contributed by atoms with Crippen molar-refractivity contribution in [3.8, 4) is 5.75 Å². The Hall–Kier alpha value is -2.67. The van der Waals surface area contributed by atoms with Crippen LogP contribution in [0.3, 0.4) is 0 Å². The van der Waals surface area contributed by atoms with Crippen LogP contribution in [0.4, 0.5) is 5.82 Å². The first-order valence-electron chi connectivity index (χ1n) is 10.4. The largest absolute Gasteiger partial charge is 0.496 e. The molecule has 29 heavy (non-hydrogen) atoms. The van der Waals surface area contributed by atoms with Crippen LogP contribution in [0.2, 0.25) is 0 Å². The van der Waals surface area contributed by atoms with Crippen molar-refractivity contribution in [2.24, 2.45) is 0 Å². The van der Waals surface area contributed by atoms with Crippen molar-refractivity contribution in [2.45, 2.75) is 26.8 Å². The van der Waals surface area contributed by atoms with Crippen molar-refractivity contribution < 1.29 is 9.53 Å². The van der Waals surface area contributed by atoms with E-state index in [1.165, 1.54) is 0 Å². The fraction of sp³-hybridized carbons (Fsp3) is 0.500. The van der Waals surface area contributed by atoms with Crippen molar-refractivity contribution in [3.05, 3.63) is 46.9 Å². The summed E-state index contributed by atoms with van der Waals surface area (Å²) in [6, 6.07) is 7.41. The number of aryl methyl sites for hydroxylation is 1. The van der Waals surface area contributed by atoms with Gasteiger partial charge in [-0.3, -0.25) is 4.79 Å². The quantitative estimate of drug-likeness (QED) is 0.790. The molecule has 0 unspecified atom stereocenters. The molecular weight excluding hydrogens is 366 g/mol. The summed E-state index contributed by atoms with van der Waals surface area (Å²) < 4.78 is 5.40. The molecule has 1 fully saturated rings. The molecule has 2 aliphatic heterocycles. The minimum absolute atomic E-state index is 0.00423. The lowest BCUT2D eigenvalue weighted by Gasteiger charge is -2.37. The number of amides is 1. The summed E-state index contributed by atoms with van der Waals surface area (Å²) in [6.45, 7) is 10.4. The molecule has 1 saturated heterocycles. The Bertz CT molecular complexity index is 893. The fourth-order valence-electron chi connectivity index (χ4n) is 4.22. The van der Waals surface area contributed by atoms with Gasteiger partial charge in [0, 0.05) is 44.7 Å². The summed E-state index contributed by atoms with van der Waals surface area (Å²) in [4.78, 5) is 29.4. The maximum absolute atomic E-state index is 13.2. The van der Waals surface area contributed by atoms with Crippen molar-refractivity contribution in [1.82, 2.24) is 19.8 Å². The Morgan fingerprint density at radius 2 is 1.86 bits per heavy atom. The van der Waals surface area contributed by atoms with Gasteiger partial charge in [-0.05, 0) is 25.6 Å². The summed E-state index contributed by atoms with van der Waals surface area (Å²) in [7, 11) is 1.60. The number of ether oxygens (including phenoxy) is 1. The van der Waals surface area contributed by atoms with Crippen molar-refractivity contribution in [1.29, 1.82) is 0 Å². The van der Waals surface area contributed by atoms with E-state index < -0.39 is 0 Å². The molecule has 0 atom stereocenters. The van der Waals surface area contributed by atoms with Crippen molar-refractivity contribution in [3.63, 3.8) is 0 Å². The van der Waals surface area contributed by atoms with Gasteiger partial charge in [0.1, 0.15) is 17.4 Å². The zero-order valence-corrected chi connectivity index (χ0v) is 17.5. The van der Waals surface area contributed by atoms with E-state index in [0.29, 0.717) is 24.4 Å². The summed E-state index contributed by atoms with van der Waals surface area (Å²) in [5.74, 6) is 2.41. The maximum Gasteiger partial charge on any atom is 0.257 e. The van der Waals surface area contributed by atoms with E-state index in [2.05, 4.69) is 21.7 Å². The van der Waals surface area contributed by atoms with Crippen LogP contribution in [-0.2, 0) is 13.0 Å². The monoisotopic (exact) mass is 395 g/mol. The minimum Gasteiger partial charge on any atom is -0.496 e. The molecule has 3 heterocycles. The number of nitrogens with zero attached hydrogens (tertiary/aromatic N) is 5. The molecule has 2 aromatic rings. The number of carbonyl (C=O) groups is 1. The number of piperazine rings is 1. The summed E-state index contributed by atoms with van der Waals surface area (Å²) in [6.07, 6.45) is 0.751. The van der Waals surface area contributed by atoms with E-state index in [1.54, 1.807) is 7.11 Å². The van der Waals surface area contributed by atoms with Gasteiger partial charge in [-0.2, -0.15) is 0 Å². The zero-order valence-electron chi connectivity index (χ0n) is 17.5. The van der Waals surface area contributed by atoms with Crippen molar-refractivity contribution >= 4 is 11.7 Å². The van der Waals surface area contributed by atoms with Crippen LogP contribution in [0.15, 0.2) is 24.3 Å². The maximum atomic E-state index is 13.2. The lowest BCUT2D eigenvalue weighted by atomic mass is 10.0. The van der Waals surface area contributed by atoms with Gasteiger partial charge in [0.2, 0.25) is 0 Å². The lowest BCUT2D eigenvalue weighted by Crippen LogP contribution is -2.47. The van der Waals surface area contributed by atoms with Gasteiger partial charge in [-0.25, -0.2) is 9.97 Å². The number of rotatable bonds is 4. The Balaban J connectivity index is 1.61. The first-order chi connectivity index (χ1) is 14.1. The number of methoxy groups -OCH3 is 1. The third kappa shape index (κ3) is 3.92. The number of hydrogen-bond donors (Lipinski definition) is 0. The first-order valence-corrected chi connectivity index (χ1v) is 10.4. The fourth-order valence-corrected chi connectivity index (χ4v) is 4.22. The van der Waals surface area contributed by atoms with E-state index in [0.717, 1.165) is 62.0 Å². The second kappa shape index (κ2) is 8.37. The van der Waals surface area contributed by atoms with E-state index in [1.807, 2.05) is 36.1 Å². The van der Waals surface area contributed by atoms with Gasteiger partial charge >= 0.3 is 0 Å². The predicted molar refractivity (Wildman–Crippen MR) is 113 cm³/mol. The molecule has 7 nitrogen and oxygen atoms in total. The smallest absolute Gasteiger partial charge is 0.257 e. The SMILES string of the molecule is CCN1CCN(c2nc(C)nc3c2CN(C(=O)c2ccccc2OC)CC3)CC1. The number of fused-ring (bicyclic) bond motifs is 1. The highest BCUT2D eigenvalue weighted by Crippen LogP contribution is 2.29. The molecule has 0 bridgehead atoms. The third-order valence-electron chi connectivity index (χ3n) is 5.89. The zero-order chi connectivity index (χ0) is 20.4. The van der Waals surface area contributed by atoms with Gasteiger partial charge in [-0.15, -0.1) is 0 Å². The number of anilines is 1. The molecule has 0 N–H and O–H groups in total. The predicted octanol–water partition coefficient (Wildman–Crippen LogP) is 2.13. The number of aromatic nitrogens is 2. The third-order valence-corrected chi connectivity index (χ3v) is 5.89. The molecule has 2 aliphatic rings. The Kier molecular flexibility index (Phi) is 5.67. The number of carbonyl (C=O) groups excluding carboxylic acids is 1. The Labute approximate surface area is 172 Å². The summed E-state index contributed by atoms with van der Waals surface area (Å²) in [5, 5.41) is 0. The highest BCUT2D eigenvalue weighted by molar-refractivity contribution is 5.97. The van der Waals surface area contributed by atoms with Crippen LogP contribution in [0.1, 0.15) is 34.4 Å². The highest BCUT2D eigenvalue weighted by atomic mass is 16.5. The molecular formula is C22H29N5O2. The molecule has 0 radical (unpaired) electrons. The molecule has 7 heteroatoms. The molecule has 1 amide bonds. The minimum atomic E-state index is -0.00423. The number of benzene rings is 1.